The minimum absolute atomic E-state index is 0.213. The first-order valence-electron chi connectivity index (χ1n) is 9.30. The molecule has 0 saturated carbocycles. The summed E-state index contributed by atoms with van der Waals surface area (Å²) in [6.45, 7) is 2.01. The number of halogens is 2. The second-order valence-corrected chi connectivity index (χ2v) is 9.97. The van der Waals surface area contributed by atoms with Crippen molar-refractivity contribution in [3.8, 4) is 0 Å². The van der Waals surface area contributed by atoms with E-state index in [2.05, 4.69) is 5.32 Å². The third kappa shape index (κ3) is 5.18. The second-order valence-electron chi connectivity index (χ2n) is 6.45. The molecule has 0 fully saturated rings. The molecule has 0 aliphatic carbocycles. The highest BCUT2D eigenvalue weighted by Gasteiger charge is 2.24. The van der Waals surface area contributed by atoms with Gasteiger partial charge in [0.25, 0.3) is 15.9 Å². The van der Waals surface area contributed by atoms with E-state index in [0.29, 0.717) is 22.0 Å². The number of amides is 1. The van der Waals surface area contributed by atoms with Crippen LogP contribution in [0.2, 0.25) is 10.0 Å². The van der Waals surface area contributed by atoms with Crippen LogP contribution in [0, 0.1) is 0 Å². The predicted molar refractivity (Wildman–Crippen MR) is 129 cm³/mol. The van der Waals surface area contributed by atoms with Crippen LogP contribution >= 0.6 is 35.0 Å². The van der Waals surface area contributed by atoms with Crippen molar-refractivity contribution in [1.82, 2.24) is 0 Å². The number of carbonyl (C=O) groups is 1. The molecule has 3 aromatic rings. The third-order valence-corrected chi connectivity index (χ3v) is 8.03. The largest absolute Gasteiger partial charge is 0.321 e. The van der Waals surface area contributed by atoms with Crippen LogP contribution in [0.25, 0.3) is 0 Å². The number of nitrogens with one attached hydrogen (secondary N) is 1. The zero-order valence-corrected chi connectivity index (χ0v) is 19.9. The highest BCUT2D eigenvalue weighted by Crippen LogP contribution is 2.30. The number of nitrogens with zero attached hydrogens (tertiary/aromatic N) is 1. The van der Waals surface area contributed by atoms with Crippen LogP contribution in [0.5, 0.6) is 0 Å². The smallest absolute Gasteiger partial charge is 0.264 e. The van der Waals surface area contributed by atoms with Gasteiger partial charge in [0.05, 0.1) is 26.3 Å². The summed E-state index contributed by atoms with van der Waals surface area (Å²) >= 11 is 13.6. The highest BCUT2D eigenvalue weighted by molar-refractivity contribution is 7.98. The van der Waals surface area contributed by atoms with Gasteiger partial charge in [0.15, 0.2) is 0 Å². The van der Waals surface area contributed by atoms with Crippen LogP contribution in [0.15, 0.2) is 76.5 Å². The number of thioether (sulfide) groups is 1. The maximum absolute atomic E-state index is 13.1. The molecule has 0 saturated heterocycles. The van der Waals surface area contributed by atoms with Gasteiger partial charge in [-0.1, -0.05) is 29.3 Å². The van der Waals surface area contributed by atoms with E-state index in [9.17, 15) is 13.2 Å². The normalized spacial score (nSPS) is 11.2. The quantitative estimate of drug-likeness (QED) is 0.398. The molecule has 1 N–H and O–H groups in total. The van der Waals surface area contributed by atoms with Crippen molar-refractivity contribution in [2.24, 2.45) is 0 Å². The van der Waals surface area contributed by atoms with E-state index in [1.165, 1.54) is 4.31 Å². The van der Waals surface area contributed by atoms with Crippen LogP contribution < -0.4 is 9.62 Å². The second kappa shape index (κ2) is 9.96. The molecule has 0 heterocycles. The molecule has 9 heteroatoms. The van der Waals surface area contributed by atoms with Crippen molar-refractivity contribution in [1.29, 1.82) is 0 Å². The molecule has 3 aromatic carbocycles. The summed E-state index contributed by atoms with van der Waals surface area (Å²) in [7, 11) is -3.73. The lowest BCUT2D eigenvalue weighted by molar-refractivity contribution is 0.102. The van der Waals surface area contributed by atoms with Crippen molar-refractivity contribution in [3.63, 3.8) is 0 Å². The fraction of sp³-hybridized carbons (Fsp3) is 0.136. The molecule has 0 aliphatic rings. The van der Waals surface area contributed by atoms with E-state index in [1.54, 1.807) is 85.4 Å². The van der Waals surface area contributed by atoms with Crippen molar-refractivity contribution in [2.75, 3.05) is 22.4 Å². The molecule has 0 aliphatic heterocycles. The zero-order valence-electron chi connectivity index (χ0n) is 16.8. The van der Waals surface area contributed by atoms with E-state index in [-0.39, 0.29) is 22.4 Å². The lowest BCUT2D eigenvalue weighted by atomic mass is 10.2. The Morgan fingerprint density at radius 1 is 1.00 bits per heavy atom. The molecule has 1 amide bonds. The van der Waals surface area contributed by atoms with Gasteiger partial charge in [-0.05, 0) is 73.8 Å². The van der Waals surface area contributed by atoms with Crippen molar-refractivity contribution < 1.29 is 13.2 Å². The predicted octanol–water partition coefficient (Wildman–Crippen LogP) is 6.18. The van der Waals surface area contributed by atoms with Crippen molar-refractivity contribution in [2.45, 2.75) is 16.7 Å². The van der Waals surface area contributed by atoms with Crippen LogP contribution in [0.4, 0.5) is 11.4 Å². The lowest BCUT2D eigenvalue weighted by Crippen LogP contribution is -2.30. The number of benzene rings is 3. The van der Waals surface area contributed by atoms with Crippen LogP contribution in [0.3, 0.4) is 0 Å². The molecular weight excluding hydrogens is 475 g/mol. The van der Waals surface area contributed by atoms with Gasteiger partial charge in [0.2, 0.25) is 0 Å². The number of sulfonamides is 1. The SMILES string of the molecule is CCN(c1ccc(C(=O)Nc2cccc(Cl)c2Cl)cc1)S(=O)(=O)c1ccc(SC)cc1. The Kier molecular flexibility index (Phi) is 7.54. The molecule has 0 spiro atoms. The maximum atomic E-state index is 13.1. The average molecular weight is 495 g/mol. The fourth-order valence-corrected chi connectivity index (χ4v) is 5.17. The molecule has 0 atom stereocenters. The third-order valence-electron chi connectivity index (χ3n) is 4.55. The average Bonchev–Trinajstić information content (AvgIpc) is 2.77. The number of hydrogen-bond acceptors (Lipinski definition) is 4. The first-order chi connectivity index (χ1) is 14.8. The number of anilines is 2. The Labute approximate surface area is 196 Å². The first kappa shape index (κ1) is 23.5. The summed E-state index contributed by atoms with van der Waals surface area (Å²) in [5, 5.41) is 3.30. The molecule has 0 radical (unpaired) electrons. The lowest BCUT2D eigenvalue weighted by Gasteiger charge is -2.23. The van der Waals surface area contributed by atoms with Crippen molar-refractivity contribution in [3.05, 3.63) is 82.3 Å². The molecule has 3 rings (SSSR count). The minimum Gasteiger partial charge on any atom is -0.321 e. The summed E-state index contributed by atoms with van der Waals surface area (Å²) in [6, 6.07) is 18.0. The number of rotatable bonds is 7. The van der Waals surface area contributed by atoms with Gasteiger partial charge in [0.1, 0.15) is 0 Å². The summed E-state index contributed by atoms with van der Waals surface area (Å²) in [5.74, 6) is -0.380. The topological polar surface area (TPSA) is 66.5 Å². The number of hydrogen-bond donors (Lipinski definition) is 1. The summed E-state index contributed by atoms with van der Waals surface area (Å²) < 4.78 is 27.5. The van der Waals surface area contributed by atoms with Gasteiger partial charge in [-0.2, -0.15) is 0 Å². The zero-order chi connectivity index (χ0) is 22.6. The monoisotopic (exact) mass is 494 g/mol. The Morgan fingerprint density at radius 2 is 1.65 bits per heavy atom. The standard InChI is InChI=1S/C22H20Cl2N2O3S2/c1-3-26(31(28,29)18-13-11-17(30-2)12-14-18)16-9-7-15(8-10-16)22(27)25-20-6-4-5-19(23)21(20)24/h4-14H,3H2,1-2H3,(H,25,27). The Bertz CT molecular complexity index is 1180. The van der Waals surface area contributed by atoms with E-state index in [4.69, 9.17) is 23.2 Å². The van der Waals surface area contributed by atoms with Gasteiger partial charge >= 0.3 is 0 Å². The van der Waals surface area contributed by atoms with E-state index in [0.717, 1.165) is 4.90 Å². The summed E-state index contributed by atoms with van der Waals surface area (Å²) in [5.41, 5.74) is 1.22. The first-order valence-corrected chi connectivity index (χ1v) is 12.7. The molecular formula is C22H20Cl2N2O3S2. The Hall–Kier alpha value is -2.19. The molecule has 162 valence electrons. The highest BCUT2D eigenvalue weighted by atomic mass is 35.5. The number of carbonyl (C=O) groups excluding carboxylic acids is 1. The minimum atomic E-state index is -3.73. The van der Waals surface area contributed by atoms with Gasteiger partial charge in [-0.3, -0.25) is 9.10 Å². The molecule has 0 unspecified atom stereocenters. The molecule has 5 nitrogen and oxygen atoms in total. The maximum Gasteiger partial charge on any atom is 0.264 e. The van der Waals surface area contributed by atoms with Crippen LogP contribution in [-0.2, 0) is 10.0 Å². The van der Waals surface area contributed by atoms with Gasteiger partial charge in [0, 0.05) is 17.0 Å². The van der Waals surface area contributed by atoms with E-state index in [1.807, 2.05) is 6.26 Å². The van der Waals surface area contributed by atoms with Crippen LogP contribution in [0.1, 0.15) is 17.3 Å². The molecule has 0 aromatic heterocycles. The van der Waals surface area contributed by atoms with Crippen molar-refractivity contribution >= 4 is 62.3 Å². The van der Waals surface area contributed by atoms with Crippen LogP contribution in [-0.4, -0.2) is 27.1 Å². The van der Waals surface area contributed by atoms with Gasteiger partial charge in [-0.25, -0.2) is 8.42 Å². The Morgan fingerprint density at radius 3 is 2.23 bits per heavy atom. The van der Waals surface area contributed by atoms with E-state index >= 15 is 0 Å². The molecule has 31 heavy (non-hydrogen) atoms. The molecule has 0 bridgehead atoms. The summed E-state index contributed by atoms with van der Waals surface area (Å²) in [6.07, 6.45) is 1.93. The van der Waals surface area contributed by atoms with E-state index < -0.39 is 10.0 Å². The van der Waals surface area contributed by atoms with Gasteiger partial charge < -0.3 is 5.32 Å². The van der Waals surface area contributed by atoms with Gasteiger partial charge in [-0.15, -0.1) is 11.8 Å². The summed E-state index contributed by atoms with van der Waals surface area (Å²) in [4.78, 5) is 13.8. The Balaban J connectivity index is 1.82. The fourth-order valence-electron chi connectivity index (χ4n) is 2.94.